The van der Waals surface area contributed by atoms with Gasteiger partial charge < -0.3 is 18.9 Å². The molecule has 0 aliphatic carbocycles. The molecule has 0 aromatic heterocycles. The van der Waals surface area contributed by atoms with Crippen LogP contribution in [0.2, 0.25) is 0 Å². The Labute approximate surface area is 250 Å². The van der Waals surface area contributed by atoms with Crippen molar-refractivity contribution in [3.8, 4) is 0 Å². The van der Waals surface area contributed by atoms with E-state index >= 15 is 0 Å². The number of likely N-dealkylation sites (N-methyl/N-ethyl adjacent to an activating group) is 1. The summed E-state index contributed by atoms with van der Waals surface area (Å²) < 4.78 is 34.4. The van der Waals surface area contributed by atoms with Gasteiger partial charge in [-0.1, -0.05) is 94.6 Å². The van der Waals surface area contributed by atoms with Gasteiger partial charge >= 0.3 is 13.8 Å². The van der Waals surface area contributed by atoms with E-state index in [1.807, 2.05) is 33.3 Å². The van der Waals surface area contributed by atoms with Crippen LogP contribution in [0.4, 0.5) is 0 Å². The number of unbranched alkanes of at least 4 members (excludes halogenated alkanes) is 5. The summed E-state index contributed by atoms with van der Waals surface area (Å²) in [4.78, 5) is 22.5. The number of ether oxygens (including phenoxy) is 2. The van der Waals surface area contributed by atoms with Crippen LogP contribution in [0.5, 0.6) is 0 Å². The van der Waals surface area contributed by atoms with Gasteiger partial charge in [-0.15, -0.1) is 0 Å². The third-order valence-corrected chi connectivity index (χ3v) is 6.90. The predicted molar refractivity (Wildman–Crippen MR) is 169 cm³/mol. The second-order valence-corrected chi connectivity index (χ2v) is 12.6. The Morgan fingerprint density at radius 2 is 1.37 bits per heavy atom. The molecule has 9 heteroatoms. The summed E-state index contributed by atoms with van der Waals surface area (Å²) in [6, 6.07) is 0. The molecular weight excluding hydrogens is 541 g/mol. The van der Waals surface area contributed by atoms with Crippen molar-refractivity contribution >= 4 is 13.8 Å². The van der Waals surface area contributed by atoms with Crippen LogP contribution in [0.15, 0.2) is 48.6 Å². The number of carbonyl (C=O) groups is 1. The molecular formula is C32H59NO7P+. The van der Waals surface area contributed by atoms with E-state index in [0.29, 0.717) is 24.1 Å². The number of phosphoric ester groups is 1. The first-order valence-corrected chi connectivity index (χ1v) is 16.9. The minimum atomic E-state index is -4.27. The average Bonchev–Trinajstić information content (AvgIpc) is 2.90. The molecule has 8 nitrogen and oxygen atoms in total. The van der Waals surface area contributed by atoms with Gasteiger partial charge in [0.2, 0.25) is 0 Å². The molecule has 0 spiro atoms. The zero-order valence-electron chi connectivity index (χ0n) is 26.5. The quantitative estimate of drug-likeness (QED) is 0.0340. The fourth-order valence-electron chi connectivity index (χ4n) is 3.50. The minimum absolute atomic E-state index is 0.0745. The molecule has 0 aliphatic heterocycles. The number of nitrogens with zero attached hydrogens (tertiary/aromatic N) is 1. The van der Waals surface area contributed by atoms with Gasteiger partial charge in [0.25, 0.3) is 0 Å². The lowest BCUT2D eigenvalue weighted by Crippen LogP contribution is -2.37. The highest BCUT2D eigenvalue weighted by Gasteiger charge is 2.26. The Balaban J connectivity index is 4.51. The maximum Gasteiger partial charge on any atom is 0.472 e. The molecule has 1 N–H and O–H groups in total. The summed E-state index contributed by atoms with van der Waals surface area (Å²) >= 11 is 0. The van der Waals surface area contributed by atoms with Gasteiger partial charge in [0, 0.05) is 13.0 Å². The van der Waals surface area contributed by atoms with Crippen molar-refractivity contribution in [3.63, 3.8) is 0 Å². The van der Waals surface area contributed by atoms with E-state index in [2.05, 4.69) is 50.3 Å². The molecule has 238 valence electrons. The van der Waals surface area contributed by atoms with Crippen LogP contribution in [0.25, 0.3) is 0 Å². The van der Waals surface area contributed by atoms with Gasteiger partial charge in [0.1, 0.15) is 19.3 Å². The Morgan fingerprint density at radius 3 is 1.98 bits per heavy atom. The third kappa shape index (κ3) is 29.7. The lowest BCUT2D eigenvalue weighted by molar-refractivity contribution is -0.870. The SMILES string of the molecule is CC/C=C\C/C=C\C/C=C\C/C=C\CCC(=O)OC(COCCCCCCCC)COP(=O)(O)OCC[N+](C)(C)C. The average molecular weight is 601 g/mol. The summed E-state index contributed by atoms with van der Waals surface area (Å²) in [6.07, 6.45) is 27.4. The second-order valence-electron chi connectivity index (χ2n) is 11.1. The van der Waals surface area contributed by atoms with E-state index in [-0.39, 0.29) is 26.2 Å². The van der Waals surface area contributed by atoms with Crippen molar-refractivity contribution in [2.75, 3.05) is 54.1 Å². The first-order chi connectivity index (χ1) is 19.6. The summed E-state index contributed by atoms with van der Waals surface area (Å²) in [5.74, 6) is -0.400. The largest absolute Gasteiger partial charge is 0.472 e. The first-order valence-electron chi connectivity index (χ1n) is 15.4. The molecule has 0 amide bonds. The molecule has 0 bridgehead atoms. The zero-order valence-corrected chi connectivity index (χ0v) is 27.4. The normalized spacial score (nSPS) is 15.0. The first kappa shape index (κ1) is 39.5. The molecule has 0 heterocycles. The monoisotopic (exact) mass is 600 g/mol. The summed E-state index contributed by atoms with van der Waals surface area (Å²) in [6.45, 7) is 5.31. The van der Waals surface area contributed by atoms with Crippen LogP contribution in [0.3, 0.4) is 0 Å². The van der Waals surface area contributed by atoms with Crippen LogP contribution >= 0.6 is 7.82 Å². The molecule has 2 unspecified atom stereocenters. The van der Waals surface area contributed by atoms with Crippen LogP contribution in [-0.2, 0) is 27.9 Å². The summed E-state index contributed by atoms with van der Waals surface area (Å²) in [7, 11) is 1.61. The Kier molecular flexibility index (Phi) is 25.1. The van der Waals surface area contributed by atoms with Gasteiger partial charge in [-0.2, -0.15) is 0 Å². The highest BCUT2D eigenvalue weighted by atomic mass is 31.2. The van der Waals surface area contributed by atoms with Crippen molar-refractivity contribution in [1.29, 1.82) is 0 Å². The maximum atomic E-state index is 12.4. The number of phosphoric acid groups is 1. The van der Waals surface area contributed by atoms with E-state index in [1.54, 1.807) is 0 Å². The maximum absolute atomic E-state index is 12.4. The molecule has 0 radical (unpaired) electrons. The van der Waals surface area contributed by atoms with E-state index in [4.69, 9.17) is 18.5 Å². The number of quaternary nitrogens is 1. The van der Waals surface area contributed by atoms with Gasteiger partial charge in [-0.3, -0.25) is 13.8 Å². The van der Waals surface area contributed by atoms with E-state index < -0.39 is 19.9 Å². The van der Waals surface area contributed by atoms with Crippen molar-refractivity contribution < 1.29 is 37.3 Å². The number of esters is 1. The molecule has 0 saturated heterocycles. The fourth-order valence-corrected chi connectivity index (χ4v) is 4.25. The minimum Gasteiger partial charge on any atom is -0.457 e. The number of hydrogen-bond acceptors (Lipinski definition) is 6. The predicted octanol–water partition coefficient (Wildman–Crippen LogP) is 7.70. The summed E-state index contributed by atoms with van der Waals surface area (Å²) in [5.41, 5.74) is 0. The Morgan fingerprint density at radius 1 is 0.780 bits per heavy atom. The third-order valence-electron chi connectivity index (χ3n) is 5.92. The molecule has 0 fully saturated rings. The lowest BCUT2D eigenvalue weighted by Gasteiger charge is -2.24. The van der Waals surface area contributed by atoms with Crippen molar-refractivity contribution in [2.45, 2.75) is 97.0 Å². The van der Waals surface area contributed by atoms with E-state index in [0.717, 1.165) is 38.5 Å². The van der Waals surface area contributed by atoms with Crippen molar-refractivity contribution in [3.05, 3.63) is 48.6 Å². The summed E-state index contributed by atoms with van der Waals surface area (Å²) in [5, 5.41) is 0. The smallest absolute Gasteiger partial charge is 0.457 e. The molecule has 0 rings (SSSR count). The van der Waals surface area contributed by atoms with E-state index in [1.165, 1.54) is 25.7 Å². The number of rotatable bonds is 27. The molecule has 0 saturated carbocycles. The molecule has 2 atom stereocenters. The highest BCUT2D eigenvalue weighted by Crippen LogP contribution is 2.43. The Hall–Kier alpha value is -1.54. The molecule has 0 aromatic carbocycles. The van der Waals surface area contributed by atoms with Gasteiger partial charge in [0.15, 0.2) is 0 Å². The van der Waals surface area contributed by atoms with Crippen molar-refractivity contribution in [1.82, 2.24) is 0 Å². The van der Waals surface area contributed by atoms with Crippen molar-refractivity contribution in [2.24, 2.45) is 0 Å². The van der Waals surface area contributed by atoms with Crippen LogP contribution in [0.1, 0.15) is 90.9 Å². The lowest BCUT2D eigenvalue weighted by atomic mass is 10.1. The standard InChI is InChI=1S/C32H58NO7P/c1-6-8-10-12-14-15-16-17-18-19-20-21-23-25-32(34)40-31(29-37-27-24-22-13-11-9-7-2)30-39-41(35,36)38-28-26-33(3,4)5/h8,10,14-15,17-18,20-21,31H,6-7,9,11-13,16,19,22-30H2,1-5H3/p+1/b10-8-,15-14-,18-17-,21-20-. The van der Waals surface area contributed by atoms with Crippen LogP contribution < -0.4 is 0 Å². The second kappa shape index (κ2) is 26.1. The molecule has 0 aromatic rings. The topological polar surface area (TPSA) is 91.3 Å². The Bertz CT molecular complexity index is 802. The fraction of sp³-hybridized carbons (Fsp3) is 0.719. The number of hydrogen-bond donors (Lipinski definition) is 1. The zero-order chi connectivity index (χ0) is 30.7. The van der Waals surface area contributed by atoms with Gasteiger partial charge in [-0.05, 0) is 38.5 Å². The number of carbonyl (C=O) groups excluding carboxylic acids is 1. The van der Waals surface area contributed by atoms with Crippen LogP contribution in [-0.4, -0.2) is 75.6 Å². The molecule has 0 aliphatic rings. The number of allylic oxidation sites excluding steroid dienone is 8. The molecule has 41 heavy (non-hydrogen) atoms. The van der Waals surface area contributed by atoms with Gasteiger partial charge in [-0.25, -0.2) is 4.57 Å². The van der Waals surface area contributed by atoms with E-state index in [9.17, 15) is 14.3 Å². The van der Waals surface area contributed by atoms with Gasteiger partial charge in [0.05, 0.1) is 34.4 Å². The van der Waals surface area contributed by atoms with Crippen LogP contribution in [0, 0.1) is 0 Å². The highest BCUT2D eigenvalue weighted by molar-refractivity contribution is 7.47.